The topological polar surface area (TPSA) is 53.1 Å². The summed E-state index contributed by atoms with van der Waals surface area (Å²) >= 11 is 5.74. The van der Waals surface area contributed by atoms with Gasteiger partial charge in [0.2, 0.25) is 0 Å². The van der Waals surface area contributed by atoms with Gasteiger partial charge < -0.3 is 10.1 Å². The number of aromatic nitrogens is 1. The number of alkyl halides is 1. The predicted octanol–water partition coefficient (Wildman–Crippen LogP) is 2.53. The van der Waals surface area contributed by atoms with Crippen LogP contribution in [0, 0.1) is 0 Å². The maximum atomic E-state index is 10.7. The van der Waals surface area contributed by atoms with Crippen molar-refractivity contribution in [2.45, 2.75) is 5.38 Å². The molecule has 4 heteroatoms. The Balaban J connectivity index is 2.58. The van der Waals surface area contributed by atoms with Crippen molar-refractivity contribution in [3.63, 3.8) is 0 Å². The molecule has 14 heavy (non-hydrogen) atoms. The van der Waals surface area contributed by atoms with Crippen LogP contribution in [-0.4, -0.2) is 16.1 Å². The SMILES string of the molecule is O=C(O)C(Cl)c1c[nH]c2ccccc12. The number of fused-ring (bicyclic) bond motifs is 1. The van der Waals surface area contributed by atoms with Crippen molar-refractivity contribution < 1.29 is 9.90 Å². The Morgan fingerprint density at radius 1 is 1.43 bits per heavy atom. The average molecular weight is 210 g/mol. The summed E-state index contributed by atoms with van der Waals surface area (Å²) in [7, 11) is 0. The van der Waals surface area contributed by atoms with Crippen LogP contribution in [0.15, 0.2) is 30.5 Å². The number of H-pyrrole nitrogens is 1. The van der Waals surface area contributed by atoms with E-state index in [0.29, 0.717) is 5.56 Å². The monoisotopic (exact) mass is 209 g/mol. The maximum absolute atomic E-state index is 10.7. The van der Waals surface area contributed by atoms with Crippen molar-refractivity contribution in [3.8, 4) is 0 Å². The van der Waals surface area contributed by atoms with E-state index in [4.69, 9.17) is 16.7 Å². The number of halogens is 1. The first kappa shape index (κ1) is 9.09. The van der Waals surface area contributed by atoms with E-state index in [2.05, 4.69) is 4.98 Å². The van der Waals surface area contributed by atoms with Gasteiger partial charge in [0.25, 0.3) is 0 Å². The molecule has 2 aromatic rings. The lowest BCUT2D eigenvalue weighted by atomic mass is 10.1. The van der Waals surface area contributed by atoms with Crippen LogP contribution in [0.5, 0.6) is 0 Å². The van der Waals surface area contributed by atoms with Crippen LogP contribution in [0.1, 0.15) is 10.9 Å². The van der Waals surface area contributed by atoms with Gasteiger partial charge in [0.15, 0.2) is 5.38 Å². The fraction of sp³-hybridized carbons (Fsp3) is 0.100. The van der Waals surface area contributed by atoms with Crippen LogP contribution in [0.4, 0.5) is 0 Å². The minimum Gasteiger partial charge on any atom is -0.480 e. The van der Waals surface area contributed by atoms with Gasteiger partial charge in [-0.3, -0.25) is 4.79 Å². The molecule has 1 heterocycles. The molecule has 1 unspecified atom stereocenters. The Morgan fingerprint density at radius 3 is 2.86 bits per heavy atom. The molecule has 0 spiro atoms. The molecular formula is C10H8ClNO2. The number of carbonyl (C=O) groups is 1. The van der Waals surface area contributed by atoms with Crippen molar-refractivity contribution in [2.75, 3.05) is 0 Å². The summed E-state index contributed by atoms with van der Waals surface area (Å²) in [5.41, 5.74) is 1.50. The van der Waals surface area contributed by atoms with E-state index in [9.17, 15) is 4.79 Å². The van der Waals surface area contributed by atoms with Crippen LogP contribution >= 0.6 is 11.6 Å². The normalized spacial score (nSPS) is 12.9. The van der Waals surface area contributed by atoms with E-state index in [-0.39, 0.29) is 0 Å². The Morgan fingerprint density at radius 2 is 2.14 bits per heavy atom. The van der Waals surface area contributed by atoms with E-state index >= 15 is 0 Å². The highest BCUT2D eigenvalue weighted by molar-refractivity contribution is 6.30. The molecule has 0 aliphatic carbocycles. The first-order valence-corrected chi connectivity index (χ1v) is 4.56. The van der Waals surface area contributed by atoms with Crippen LogP contribution in [-0.2, 0) is 4.79 Å². The van der Waals surface area contributed by atoms with Gasteiger partial charge in [-0.15, -0.1) is 11.6 Å². The lowest BCUT2D eigenvalue weighted by molar-refractivity contribution is -0.136. The molecule has 0 aliphatic rings. The zero-order chi connectivity index (χ0) is 10.1. The zero-order valence-electron chi connectivity index (χ0n) is 7.20. The Bertz CT molecular complexity index is 478. The summed E-state index contributed by atoms with van der Waals surface area (Å²) < 4.78 is 0. The summed E-state index contributed by atoms with van der Waals surface area (Å²) in [5, 5.41) is 8.63. The lowest BCUT2D eigenvalue weighted by Gasteiger charge is -2.01. The van der Waals surface area contributed by atoms with Gasteiger partial charge in [-0.05, 0) is 6.07 Å². The van der Waals surface area contributed by atoms with Crippen molar-refractivity contribution in [3.05, 3.63) is 36.0 Å². The van der Waals surface area contributed by atoms with E-state index in [1.807, 2.05) is 24.3 Å². The number of para-hydroxylation sites is 1. The molecule has 1 aromatic carbocycles. The van der Waals surface area contributed by atoms with Gasteiger partial charge in [0, 0.05) is 22.7 Å². The predicted molar refractivity (Wildman–Crippen MR) is 54.5 cm³/mol. The minimum atomic E-state index is -1.03. The number of aromatic amines is 1. The number of nitrogens with one attached hydrogen (secondary N) is 1. The maximum Gasteiger partial charge on any atom is 0.326 e. The standard InChI is InChI=1S/C10H8ClNO2/c11-9(10(13)14)7-5-12-8-4-2-1-3-6(7)8/h1-5,9,12H,(H,13,14). The highest BCUT2D eigenvalue weighted by atomic mass is 35.5. The molecule has 3 nitrogen and oxygen atoms in total. The van der Waals surface area contributed by atoms with Gasteiger partial charge in [0.1, 0.15) is 0 Å². The lowest BCUT2D eigenvalue weighted by Crippen LogP contribution is -2.03. The Labute approximate surface area is 85.3 Å². The molecule has 0 fully saturated rings. The fourth-order valence-electron chi connectivity index (χ4n) is 1.44. The second-order valence-electron chi connectivity index (χ2n) is 2.99. The Hall–Kier alpha value is -1.48. The van der Waals surface area contributed by atoms with Gasteiger partial charge in [-0.25, -0.2) is 0 Å². The minimum absolute atomic E-state index is 0.606. The van der Waals surface area contributed by atoms with E-state index in [1.54, 1.807) is 6.20 Å². The highest BCUT2D eigenvalue weighted by Crippen LogP contribution is 2.28. The van der Waals surface area contributed by atoms with Crippen LogP contribution in [0.25, 0.3) is 10.9 Å². The Kier molecular flexibility index (Phi) is 2.17. The van der Waals surface area contributed by atoms with E-state index in [1.165, 1.54) is 0 Å². The van der Waals surface area contributed by atoms with Gasteiger partial charge >= 0.3 is 5.97 Å². The number of benzene rings is 1. The third-order valence-corrected chi connectivity index (χ3v) is 2.53. The molecule has 2 N–H and O–H groups in total. The summed E-state index contributed by atoms with van der Waals surface area (Å²) in [6.45, 7) is 0. The first-order chi connectivity index (χ1) is 6.70. The molecular weight excluding hydrogens is 202 g/mol. The molecule has 1 atom stereocenters. The van der Waals surface area contributed by atoms with Crippen LogP contribution < -0.4 is 0 Å². The van der Waals surface area contributed by atoms with Crippen molar-refractivity contribution >= 4 is 28.5 Å². The molecule has 0 aliphatic heterocycles. The molecule has 0 saturated heterocycles. The van der Waals surface area contributed by atoms with Crippen molar-refractivity contribution in [1.29, 1.82) is 0 Å². The summed E-state index contributed by atoms with van der Waals surface area (Å²) in [6.07, 6.45) is 1.64. The third kappa shape index (κ3) is 1.36. The number of carboxylic acid groups (broad SMARTS) is 1. The molecule has 0 bridgehead atoms. The highest BCUT2D eigenvalue weighted by Gasteiger charge is 2.19. The molecule has 1 aromatic heterocycles. The smallest absolute Gasteiger partial charge is 0.326 e. The number of hydrogen-bond acceptors (Lipinski definition) is 1. The van der Waals surface area contributed by atoms with E-state index < -0.39 is 11.3 Å². The second-order valence-corrected chi connectivity index (χ2v) is 3.43. The van der Waals surface area contributed by atoms with Crippen molar-refractivity contribution in [2.24, 2.45) is 0 Å². The van der Waals surface area contributed by atoms with Gasteiger partial charge in [-0.2, -0.15) is 0 Å². The van der Waals surface area contributed by atoms with Gasteiger partial charge in [0.05, 0.1) is 0 Å². The van der Waals surface area contributed by atoms with E-state index in [0.717, 1.165) is 10.9 Å². The molecule has 2 rings (SSSR count). The fourth-order valence-corrected chi connectivity index (χ4v) is 1.62. The quantitative estimate of drug-likeness (QED) is 0.747. The average Bonchev–Trinajstić information content (AvgIpc) is 2.60. The third-order valence-electron chi connectivity index (χ3n) is 2.11. The van der Waals surface area contributed by atoms with Gasteiger partial charge in [-0.1, -0.05) is 18.2 Å². The summed E-state index contributed by atoms with van der Waals surface area (Å²) in [6, 6.07) is 7.46. The first-order valence-electron chi connectivity index (χ1n) is 4.13. The number of aliphatic carboxylic acids is 1. The number of rotatable bonds is 2. The summed E-state index contributed by atoms with van der Waals surface area (Å²) in [4.78, 5) is 13.7. The molecule has 0 saturated carbocycles. The summed E-state index contributed by atoms with van der Waals surface area (Å²) in [5.74, 6) is -1.03. The second kappa shape index (κ2) is 3.35. The number of hydrogen-bond donors (Lipinski definition) is 2. The van der Waals surface area contributed by atoms with Crippen molar-refractivity contribution in [1.82, 2.24) is 4.98 Å². The molecule has 0 radical (unpaired) electrons. The number of carboxylic acids is 1. The largest absolute Gasteiger partial charge is 0.480 e. The molecule has 0 amide bonds. The van der Waals surface area contributed by atoms with Crippen LogP contribution in [0.2, 0.25) is 0 Å². The molecule has 72 valence electrons. The zero-order valence-corrected chi connectivity index (χ0v) is 7.95. The van der Waals surface area contributed by atoms with Crippen LogP contribution in [0.3, 0.4) is 0 Å².